The summed E-state index contributed by atoms with van der Waals surface area (Å²) in [5.41, 5.74) is 1.16. The molecular weight excluding hydrogens is 240 g/mol. The minimum Gasteiger partial charge on any atom is -0.469 e. The second kappa shape index (κ2) is 6.02. The number of aromatic nitrogens is 3. The Hall–Kier alpha value is -1.62. The highest BCUT2D eigenvalue weighted by Crippen LogP contribution is 2.20. The Morgan fingerprint density at radius 3 is 2.79 bits per heavy atom. The van der Waals surface area contributed by atoms with E-state index in [2.05, 4.69) is 42.2 Å². The van der Waals surface area contributed by atoms with Crippen LogP contribution in [0.15, 0.2) is 23.1 Å². The summed E-state index contributed by atoms with van der Waals surface area (Å²) < 4.78 is 7.38. The van der Waals surface area contributed by atoms with E-state index in [0.717, 1.165) is 30.1 Å². The lowest BCUT2D eigenvalue weighted by Gasteiger charge is -2.17. The molecular formula is C14H22N4O. The Kier molecular flexibility index (Phi) is 4.37. The van der Waals surface area contributed by atoms with E-state index in [0.29, 0.717) is 6.04 Å². The van der Waals surface area contributed by atoms with Crippen LogP contribution in [0.5, 0.6) is 0 Å². The minimum atomic E-state index is 0.212. The van der Waals surface area contributed by atoms with Crippen LogP contribution in [0.3, 0.4) is 0 Å². The van der Waals surface area contributed by atoms with Crippen LogP contribution in [0, 0.1) is 6.92 Å². The molecule has 0 saturated carbocycles. The third kappa shape index (κ3) is 3.23. The average Bonchev–Trinajstić information content (AvgIpc) is 2.97. The molecule has 2 rings (SSSR count). The van der Waals surface area contributed by atoms with Crippen molar-refractivity contribution in [1.82, 2.24) is 20.1 Å². The first-order valence-corrected chi connectivity index (χ1v) is 6.78. The first-order chi connectivity index (χ1) is 9.11. The largest absolute Gasteiger partial charge is 0.469 e. The molecule has 104 valence electrons. The predicted octanol–water partition coefficient (Wildman–Crippen LogP) is 2.65. The van der Waals surface area contributed by atoms with E-state index in [-0.39, 0.29) is 6.04 Å². The van der Waals surface area contributed by atoms with Gasteiger partial charge in [-0.15, -0.1) is 0 Å². The summed E-state index contributed by atoms with van der Waals surface area (Å²) in [6.45, 7) is 9.20. The van der Waals surface area contributed by atoms with Gasteiger partial charge in [-0.1, -0.05) is 6.92 Å². The van der Waals surface area contributed by atoms with Crippen molar-refractivity contribution in [1.29, 1.82) is 0 Å². The second-order valence-electron chi connectivity index (χ2n) is 5.02. The number of hydrogen-bond acceptors (Lipinski definition) is 4. The van der Waals surface area contributed by atoms with Crippen molar-refractivity contribution in [3.63, 3.8) is 0 Å². The number of furan rings is 1. The highest BCUT2D eigenvalue weighted by Gasteiger charge is 2.17. The Morgan fingerprint density at radius 2 is 2.21 bits per heavy atom. The molecule has 19 heavy (non-hydrogen) atoms. The second-order valence-corrected chi connectivity index (χ2v) is 5.02. The molecule has 2 heterocycles. The van der Waals surface area contributed by atoms with E-state index in [1.54, 1.807) is 6.33 Å². The first-order valence-electron chi connectivity index (χ1n) is 6.78. The summed E-state index contributed by atoms with van der Waals surface area (Å²) >= 11 is 0. The van der Waals surface area contributed by atoms with E-state index in [4.69, 9.17) is 4.42 Å². The molecule has 0 radical (unpaired) electrons. The normalized spacial score (nSPS) is 13.1. The third-order valence-corrected chi connectivity index (χ3v) is 3.13. The van der Waals surface area contributed by atoms with Crippen LogP contribution in [0.1, 0.15) is 50.0 Å². The van der Waals surface area contributed by atoms with Gasteiger partial charge < -0.3 is 9.73 Å². The van der Waals surface area contributed by atoms with Crippen LogP contribution in [-0.4, -0.2) is 21.3 Å². The molecule has 1 atom stereocenters. The van der Waals surface area contributed by atoms with E-state index < -0.39 is 0 Å². The first kappa shape index (κ1) is 13.8. The van der Waals surface area contributed by atoms with Crippen molar-refractivity contribution < 1.29 is 4.42 Å². The van der Waals surface area contributed by atoms with Crippen LogP contribution in [0.4, 0.5) is 0 Å². The van der Waals surface area contributed by atoms with Crippen molar-refractivity contribution in [2.45, 2.75) is 46.2 Å². The zero-order chi connectivity index (χ0) is 13.8. The van der Waals surface area contributed by atoms with Crippen molar-refractivity contribution in [2.24, 2.45) is 0 Å². The molecule has 0 fully saturated rings. The molecule has 0 saturated heterocycles. The zero-order valence-corrected chi connectivity index (χ0v) is 12.1. The van der Waals surface area contributed by atoms with Crippen molar-refractivity contribution in [2.75, 3.05) is 6.54 Å². The van der Waals surface area contributed by atoms with Gasteiger partial charge in [0.2, 0.25) is 0 Å². The van der Waals surface area contributed by atoms with Gasteiger partial charge in [0, 0.05) is 24.1 Å². The smallest absolute Gasteiger partial charge is 0.138 e. The van der Waals surface area contributed by atoms with E-state index in [1.165, 1.54) is 0 Å². The molecule has 5 nitrogen and oxygen atoms in total. The standard InChI is InChI=1S/C14H22N4O/c1-5-15-13(12-6-11(4)19-8-12)7-14-16-9-17-18(14)10(2)3/h6,8-10,13,15H,5,7H2,1-4H3. The maximum Gasteiger partial charge on any atom is 0.138 e. The molecule has 0 amide bonds. The fourth-order valence-corrected chi connectivity index (χ4v) is 2.23. The van der Waals surface area contributed by atoms with Crippen molar-refractivity contribution in [3.05, 3.63) is 35.8 Å². The van der Waals surface area contributed by atoms with Gasteiger partial charge in [-0.2, -0.15) is 5.10 Å². The molecule has 2 aromatic rings. The molecule has 0 aromatic carbocycles. The highest BCUT2D eigenvalue weighted by molar-refractivity contribution is 5.18. The molecule has 0 bridgehead atoms. The van der Waals surface area contributed by atoms with Gasteiger partial charge in [-0.25, -0.2) is 9.67 Å². The number of rotatable bonds is 6. The fourth-order valence-electron chi connectivity index (χ4n) is 2.23. The van der Waals surface area contributed by atoms with Crippen LogP contribution in [0.2, 0.25) is 0 Å². The van der Waals surface area contributed by atoms with E-state index in [9.17, 15) is 0 Å². The van der Waals surface area contributed by atoms with Crippen molar-refractivity contribution in [3.8, 4) is 0 Å². The molecule has 1 N–H and O–H groups in total. The lowest BCUT2D eigenvalue weighted by molar-refractivity contribution is 0.464. The summed E-state index contributed by atoms with van der Waals surface area (Å²) in [7, 11) is 0. The molecule has 2 aromatic heterocycles. The van der Waals surface area contributed by atoms with Gasteiger partial charge >= 0.3 is 0 Å². The monoisotopic (exact) mass is 262 g/mol. The van der Waals surface area contributed by atoms with Gasteiger partial charge in [0.15, 0.2) is 0 Å². The summed E-state index contributed by atoms with van der Waals surface area (Å²) in [5.74, 6) is 1.93. The summed E-state index contributed by atoms with van der Waals surface area (Å²) in [5, 5.41) is 7.76. The van der Waals surface area contributed by atoms with Crippen molar-refractivity contribution >= 4 is 0 Å². The molecule has 0 aliphatic carbocycles. The van der Waals surface area contributed by atoms with Gasteiger partial charge in [-0.3, -0.25) is 0 Å². The Labute approximate surface area is 114 Å². The minimum absolute atomic E-state index is 0.212. The number of hydrogen-bond donors (Lipinski definition) is 1. The van der Waals surface area contributed by atoms with Gasteiger partial charge in [0.25, 0.3) is 0 Å². The summed E-state index contributed by atoms with van der Waals surface area (Å²) in [6, 6.07) is 2.61. The molecule has 5 heteroatoms. The van der Waals surface area contributed by atoms with Crippen LogP contribution < -0.4 is 5.32 Å². The molecule has 0 aliphatic heterocycles. The highest BCUT2D eigenvalue weighted by atomic mass is 16.3. The topological polar surface area (TPSA) is 55.9 Å². The van der Waals surface area contributed by atoms with Gasteiger partial charge in [0.05, 0.1) is 6.26 Å². The Bertz CT molecular complexity index is 515. The van der Waals surface area contributed by atoms with Gasteiger partial charge in [0.1, 0.15) is 17.9 Å². The predicted molar refractivity (Wildman–Crippen MR) is 74.0 cm³/mol. The lowest BCUT2D eigenvalue weighted by Crippen LogP contribution is -2.24. The maximum absolute atomic E-state index is 5.41. The molecule has 0 spiro atoms. The summed E-state index contributed by atoms with van der Waals surface area (Å²) in [6.07, 6.45) is 4.25. The number of likely N-dealkylation sites (N-methyl/N-ethyl adjacent to an activating group) is 1. The molecule has 1 unspecified atom stereocenters. The van der Waals surface area contributed by atoms with E-state index in [1.807, 2.05) is 17.9 Å². The van der Waals surface area contributed by atoms with Crippen LogP contribution >= 0.6 is 0 Å². The number of nitrogens with one attached hydrogen (secondary N) is 1. The Morgan fingerprint density at radius 1 is 1.42 bits per heavy atom. The quantitative estimate of drug-likeness (QED) is 0.869. The SMILES string of the molecule is CCNC(Cc1ncnn1C(C)C)c1coc(C)c1. The Balaban J connectivity index is 2.19. The third-order valence-electron chi connectivity index (χ3n) is 3.13. The number of aryl methyl sites for hydroxylation is 1. The van der Waals surface area contributed by atoms with Crippen LogP contribution in [0.25, 0.3) is 0 Å². The van der Waals surface area contributed by atoms with E-state index >= 15 is 0 Å². The van der Waals surface area contributed by atoms with Crippen LogP contribution in [-0.2, 0) is 6.42 Å². The van der Waals surface area contributed by atoms with Gasteiger partial charge in [-0.05, 0) is 33.4 Å². The molecule has 0 aliphatic rings. The lowest BCUT2D eigenvalue weighted by atomic mass is 10.1. The average molecular weight is 262 g/mol. The summed E-state index contributed by atoms with van der Waals surface area (Å²) in [4.78, 5) is 4.37. The zero-order valence-electron chi connectivity index (χ0n) is 12.1. The number of nitrogens with zero attached hydrogens (tertiary/aromatic N) is 3. The fraction of sp³-hybridized carbons (Fsp3) is 0.571. The maximum atomic E-state index is 5.41.